The summed E-state index contributed by atoms with van der Waals surface area (Å²) < 4.78 is 26.1. The second-order valence-electron chi connectivity index (χ2n) is 7.81. The van der Waals surface area contributed by atoms with Crippen molar-refractivity contribution in [1.29, 1.82) is 0 Å². The molecule has 162 valence electrons. The first kappa shape index (κ1) is 21.0. The van der Waals surface area contributed by atoms with E-state index >= 15 is 0 Å². The average molecular weight is 439 g/mol. The number of rotatable bonds is 5. The fraction of sp³-hybridized carbons (Fsp3) is 0.318. The molecule has 0 aliphatic carbocycles. The molecule has 0 atom stereocenters. The highest BCUT2D eigenvalue weighted by molar-refractivity contribution is 7.91. The van der Waals surface area contributed by atoms with Gasteiger partial charge in [0, 0.05) is 32.4 Å². The number of pyridine rings is 1. The monoisotopic (exact) mass is 438 g/mol. The van der Waals surface area contributed by atoms with Gasteiger partial charge in [-0.05, 0) is 35.7 Å². The number of anilines is 3. The van der Waals surface area contributed by atoms with Crippen molar-refractivity contribution in [3.8, 4) is 0 Å². The zero-order valence-corrected chi connectivity index (χ0v) is 18.5. The lowest BCUT2D eigenvalue weighted by molar-refractivity contribution is 0.595. The molecular weight excluding hydrogens is 412 g/mol. The number of benzene rings is 1. The largest absolute Gasteiger partial charge is 0.382 e. The van der Waals surface area contributed by atoms with Crippen molar-refractivity contribution in [2.24, 2.45) is 0 Å². The van der Waals surface area contributed by atoms with Crippen LogP contribution in [0.3, 0.4) is 0 Å². The van der Waals surface area contributed by atoms with E-state index in [4.69, 9.17) is 5.73 Å². The van der Waals surface area contributed by atoms with Crippen molar-refractivity contribution in [2.75, 3.05) is 41.7 Å². The van der Waals surface area contributed by atoms with E-state index in [9.17, 15) is 8.42 Å². The zero-order valence-electron chi connectivity index (χ0n) is 17.6. The number of hydrogen-bond donors (Lipinski definition) is 1. The summed E-state index contributed by atoms with van der Waals surface area (Å²) in [7, 11) is -3.79. The molecule has 0 saturated carbocycles. The number of piperazine rings is 1. The van der Waals surface area contributed by atoms with Crippen LogP contribution in [0.5, 0.6) is 0 Å². The maximum Gasteiger partial charge on any atom is 0.227 e. The smallest absolute Gasteiger partial charge is 0.227 e. The Balaban J connectivity index is 1.50. The maximum atomic E-state index is 13.0. The summed E-state index contributed by atoms with van der Waals surface area (Å²) in [6.07, 6.45) is 3.09. The van der Waals surface area contributed by atoms with Crippen molar-refractivity contribution in [1.82, 2.24) is 15.0 Å². The quantitative estimate of drug-likeness (QED) is 0.648. The summed E-state index contributed by atoms with van der Waals surface area (Å²) in [4.78, 5) is 17.3. The number of sulfone groups is 1. The Labute approximate surface area is 182 Å². The molecule has 3 heterocycles. The number of aromatic nitrogens is 3. The number of nitrogen functional groups attached to an aromatic ring is 1. The Morgan fingerprint density at radius 1 is 0.935 bits per heavy atom. The summed E-state index contributed by atoms with van der Waals surface area (Å²) in [6.45, 7) is 7.04. The Morgan fingerprint density at radius 3 is 2.19 bits per heavy atom. The van der Waals surface area contributed by atoms with Gasteiger partial charge in [-0.2, -0.15) is 4.98 Å². The van der Waals surface area contributed by atoms with Crippen molar-refractivity contribution in [3.05, 3.63) is 60.4 Å². The van der Waals surface area contributed by atoms with Gasteiger partial charge in [0.1, 0.15) is 16.5 Å². The summed E-state index contributed by atoms with van der Waals surface area (Å²) >= 11 is 0. The zero-order chi connectivity index (χ0) is 22.0. The van der Waals surface area contributed by atoms with Crippen molar-refractivity contribution >= 4 is 27.4 Å². The van der Waals surface area contributed by atoms with E-state index in [0.29, 0.717) is 25.0 Å². The molecule has 0 unspecified atom stereocenters. The normalized spacial score (nSPS) is 14.8. The van der Waals surface area contributed by atoms with Gasteiger partial charge in [0.05, 0.1) is 11.1 Å². The van der Waals surface area contributed by atoms with Gasteiger partial charge in [-0.1, -0.05) is 32.0 Å². The van der Waals surface area contributed by atoms with Crippen molar-refractivity contribution < 1.29 is 8.42 Å². The molecule has 1 saturated heterocycles. The number of nitrogens with two attached hydrogens (primary N) is 1. The number of hydrogen-bond acceptors (Lipinski definition) is 8. The van der Waals surface area contributed by atoms with Gasteiger partial charge >= 0.3 is 0 Å². The predicted molar refractivity (Wildman–Crippen MR) is 121 cm³/mol. The molecule has 2 aromatic heterocycles. The highest BCUT2D eigenvalue weighted by atomic mass is 32.2. The van der Waals surface area contributed by atoms with Crippen LogP contribution < -0.4 is 15.5 Å². The molecule has 0 radical (unpaired) electrons. The van der Waals surface area contributed by atoms with E-state index in [1.54, 1.807) is 18.3 Å². The minimum Gasteiger partial charge on any atom is -0.382 e. The molecule has 1 aliphatic heterocycles. The summed E-state index contributed by atoms with van der Waals surface area (Å²) in [5.74, 6) is 1.66. The SMILES string of the molecule is CC(C)c1ccc(S(=O)(=O)c2cnc(N3CCN(c4ccccn4)CC3)nc2N)cc1. The molecule has 2 N–H and O–H groups in total. The Bertz CT molecular complexity index is 1140. The molecule has 9 heteroatoms. The van der Waals surface area contributed by atoms with Crippen LogP contribution in [0.15, 0.2) is 64.6 Å². The minimum atomic E-state index is -3.79. The first-order chi connectivity index (χ1) is 14.9. The van der Waals surface area contributed by atoms with Gasteiger partial charge in [0.15, 0.2) is 0 Å². The first-order valence-corrected chi connectivity index (χ1v) is 11.7. The van der Waals surface area contributed by atoms with Gasteiger partial charge in [-0.15, -0.1) is 0 Å². The van der Waals surface area contributed by atoms with Gasteiger partial charge in [-0.25, -0.2) is 18.4 Å². The minimum absolute atomic E-state index is 0.0370. The van der Waals surface area contributed by atoms with E-state index < -0.39 is 9.84 Å². The standard InChI is InChI=1S/C22H26N6O2S/c1-16(2)17-6-8-18(9-7-17)31(29,30)19-15-25-22(26-21(19)23)28-13-11-27(12-14-28)20-5-3-4-10-24-20/h3-10,15-16H,11-14H2,1-2H3,(H2,23,25,26). The van der Waals surface area contributed by atoms with Crippen molar-refractivity contribution in [3.63, 3.8) is 0 Å². The lowest BCUT2D eigenvalue weighted by atomic mass is 10.0. The van der Waals surface area contributed by atoms with Gasteiger partial charge in [-0.3, -0.25) is 0 Å². The average Bonchev–Trinajstić information content (AvgIpc) is 2.79. The van der Waals surface area contributed by atoms with Crippen LogP contribution in [0, 0.1) is 0 Å². The van der Waals surface area contributed by atoms with Crippen LogP contribution in [-0.2, 0) is 9.84 Å². The molecule has 0 spiro atoms. The maximum absolute atomic E-state index is 13.0. The third kappa shape index (κ3) is 4.32. The van der Waals surface area contributed by atoms with E-state index in [2.05, 4.69) is 33.7 Å². The van der Waals surface area contributed by atoms with Crippen LogP contribution >= 0.6 is 0 Å². The Morgan fingerprint density at radius 2 is 1.61 bits per heavy atom. The molecule has 1 aromatic carbocycles. The topological polar surface area (TPSA) is 105 Å². The van der Waals surface area contributed by atoms with Gasteiger partial charge in [0.25, 0.3) is 0 Å². The summed E-state index contributed by atoms with van der Waals surface area (Å²) in [5.41, 5.74) is 7.14. The second kappa shape index (κ2) is 8.50. The predicted octanol–water partition coefficient (Wildman–Crippen LogP) is 2.74. The van der Waals surface area contributed by atoms with Crippen LogP contribution in [0.1, 0.15) is 25.3 Å². The van der Waals surface area contributed by atoms with Gasteiger partial charge in [0.2, 0.25) is 15.8 Å². The van der Waals surface area contributed by atoms with Crippen LogP contribution in [0.25, 0.3) is 0 Å². The molecule has 1 aliphatic rings. The molecular formula is C22H26N6O2S. The third-order valence-electron chi connectivity index (χ3n) is 5.45. The lowest BCUT2D eigenvalue weighted by Crippen LogP contribution is -2.47. The van der Waals surface area contributed by atoms with E-state index in [0.717, 1.165) is 24.5 Å². The molecule has 8 nitrogen and oxygen atoms in total. The molecule has 3 aromatic rings. The molecule has 1 fully saturated rings. The van der Waals surface area contributed by atoms with Crippen molar-refractivity contribution in [2.45, 2.75) is 29.6 Å². The molecule has 0 bridgehead atoms. The van der Waals surface area contributed by atoms with Crippen LogP contribution in [0.4, 0.5) is 17.6 Å². The van der Waals surface area contributed by atoms with E-state index in [1.807, 2.05) is 35.2 Å². The van der Waals surface area contributed by atoms with Crippen LogP contribution in [0.2, 0.25) is 0 Å². The molecule has 4 rings (SSSR count). The van der Waals surface area contributed by atoms with Crippen LogP contribution in [-0.4, -0.2) is 49.5 Å². The first-order valence-electron chi connectivity index (χ1n) is 10.2. The fourth-order valence-corrected chi connectivity index (χ4v) is 4.83. The second-order valence-corrected chi connectivity index (χ2v) is 9.73. The van der Waals surface area contributed by atoms with E-state index in [1.165, 1.54) is 6.20 Å². The highest BCUT2D eigenvalue weighted by Crippen LogP contribution is 2.27. The highest BCUT2D eigenvalue weighted by Gasteiger charge is 2.25. The Kier molecular flexibility index (Phi) is 5.77. The molecule has 31 heavy (non-hydrogen) atoms. The Hall–Kier alpha value is -3.20. The summed E-state index contributed by atoms with van der Waals surface area (Å²) in [6, 6.07) is 12.7. The third-order valence-corrected chi connectivity index (χ3v) is 7.24. The van der Waals surface area contributed by atoms with Gasteiger partial charge < -0.3 is 15.5 Å². The van der Waals surface area contributed by atoms with E-state index in [-0.39, 0.29) is 15.6 Å². The fourth-order valence-electron chi connectivity index (χ4n) is 3.57. The lowest BCUT2D eigenvalue weighted by Gasteiger charge is -2.35. The molecule has 0 amide bonds. The number of nitrogens with zero attached hydrogens (tertiary/aromatic N) is 5. The summed E-state index contributed by atoms with van der Waals surface area (Å²) in [5, 5.41) is 0.